The monoisotopic (exact) mass is 251 g/mol. The Hall–Kier alpha value is -2.11. The molecule has 1 rings (SSSR count). The van der Waals surface area contributed by atoms with E-state index >= 15 is 0 Å². The van der Waals surface area contributed by atoms with Gasteiger partial charge in [-0.05, 0) is 20.8 Å². The zero-order chi connectivity index (χ0) is 13.7. The third-order valence-electron chi connectivity index (χ3n) is 2.30. The van der Waals surface area contributed by atoms with Gasteiger partial charge in [0.2, 0.25) is 5.91 Å². The number of hydrogen-bond acceptors (Lipinski definition) is 4. The number of H-pyrrole nitrogens is 1. The average Bonchev–Trinajstić information content (AvgIpc) is 2.60. The van der Waals surface area contributed by atoms with Crippen LogP contribution in [0.1, 0.15) is 24.7 Å². The van der Waals surface area contributed by atoms with Gasteiger partial charge in [0, 0.05) is 5.57 Å². The average molecular weight is 251 g/mol. The van der Waals surface area contributed by atoms with Gasteiger partial charge in [-0.2, -0.15) is 5.10 Å². The molecule has 0 aliphatic carbocycles. The second-order valence-corrected chi connectivity index (χ2v) is 4.02. The summed E-state index contributed by atoms with van der Waals surface area (Å²) in [5, 5.41) is 9.45. The highest BCUT2D eigenvalue weighted by Crippen LogP contribution is 2.15. The number of amides is 1. The van der Waals surface area contributed by atoms with E-state index in [9.17, 15) is 9.59 Å². The minimum Gasteiger partial charge on any atom is -0.462 e. The standard InChI is InChI=1S/C12H17N3O3/c1-7(2)12(17)18-6-5-10(16)13-11-8(3)14-15-9(11)4/h1,5-6H2,2-4H3,(H,13,16)(H,14,15). The number of ether oxygens (including phenoxy) is 1. The Kier molecular flexibility index (Phi) is 4.65. The van der Waals surface area contributed by atoms with Gasteiger partial charge in [0.1, 0.15) is 6.61 Å². The first-order valence-electron chi connectivity index (χ1n) is 5.56. The predicted molar refractivity (Wildman–Crippen MR) is 67.1 cm³/mol. The Balaban J connectivity index is 2.39. The van der Waals surface area contributed by atoms with Crippen molar-refractivity contribution in [2.75, 3.05) is 11.9 Å². The molecule has 98 valence electrons. The lowest BCUT2D eigenvalue weighted by Crippen LogP contribution is -2.16. The van der Waals surface area contributed by atoms with Gasteiger partial charge in [0.15, 0.2) is 0 Å². The summed E-state index contributed by atoms with van der Waals surface area (Å²) >= 11 is 0. The number of aryl methyl sites for hydroxylation is 2. The Labute approximate surface area is 105 Å². The zero-order valence-corrected chi connectivity index (χ0v) is 10.8. The number of nitrogens with zero attached hydrogens (tertiary/aromatic N) is 1. The van der Waals surface area contributed by atoms with Crippen LogP contribution in [-0.2, 0) is 14.3 Å². The van der Waals surface area contributed by atoms with Crippen molar-refractivity contribution in [3.8, 4) is 0 Å². The summed E-state index contributed by atoms with van der Waals surface area (Å²) in [7, 11) is 0. The fraction of sp³-hybridized carbons (Fsp3) is 0.417. The van der Waals surface area contributed by atoms with Gasteiger partial charge in [-0.3, -0.25) is 9.89 Å². The van der Waals surface area contributed by atoms with Crippen molar-refractivity contribution in [3.05, 3.63) is 23.5 Å². The Morgan fingerprint density at radius 2 is 2.11 bits per heavy atom. The molecule has 0 atom stereocenters. The van der Waals surface area contributed by atoms with E-state index in [2.05, 4.69) is 22.1 Å². The SMILES string of the molecule is C=C(C)C(=O)OCCC(=O)Nc1c(C)n[nH]c1C. The molecule has 0 unspecified atom stereocenters. The first-order chi connectivity index (χ1) is 8.41. The van der Waals surface area contributed by atoms with Crippen molar-refractivity contribution in [2.24, 2.45) is 0 Å². The van der Waals surface area contributed by atoms with Crippen molar-refractivity contribution in [3.63, 3.8) is 0 Å². The molecular weight excluding hydrogens is 234 g/mol. The molecule has 1 amide bonds. The van der Waals surface area contributed by atoms with Crippen LogP contribution in [-0.4, -0.2) is 28.7 Å². The van der Waals surface area contributed by atoms with E-state index < -0.39 is 5.97 Å². The van der Waals surface area contributed by atoms with Crippen molar-refractivity contribution in [2.45, 2.75) is 27.2 Å². The molecule has 1 aromatic rings. The summed E-state index contributed by atoms with van der Waals surface area (Å²) in [4.78, 5) is 22.7. The smallest absolute Gasteiger partial charge is 0.333 e. The van der Waals surface area contributed by atoms with Crippen molar-refractivity contribution >= 4 is 17.6 Å². The van der Waals surface area contributed by atoms with Gasteiger partial charge >= 0.3 is 5.97 Å². The van der Waals surface area contributed by atoms with Gasteiger partial charge in [-0.25, -0.2) is 4.79 Å². The van der Waals surface area contributed by atoms with E-state index in [0.29, 0.717) is 11.3 Å². The number of aromatic amines is 1. The molecule has 18 heavy (non-hydrogen) atoms. The minimum absolute atomic E-state index is 0.0352. The van der Waals surface area contributed by atoms with Crippen LogP contribution in [0.15, 0.2) is 12.2 Å². The van der Waals surface area contributed by atoms with E-state index in [1.165, 1.54) is 0 Å². The molecule has 0 saturated carbocycles. The van der Waals surface area contributed by atoms with Crippen LogP contribution in [0.4, 0.5) is 5.69 Å². The lowest BCUT2D eigenvalue weighted by Gasteiger charge is -2.06. The van der Waals surface area contributed by atoms with Crippen LogP contribution < -0.4 is 5.32 Å². The highest BCUT2D eigenvalue weighted by Gasteiger charge is 2.11. The normalized spacial score (nSPS) is 9.94. The van der Waals surface area contributed by atoms with E-state index in [4.69, 9.17) is 4.74 Å². The summed E-state index contributed by atoms with van der Waals surface area (Å²) < 4.78 is 4.83. The van der Waals surface area contributed by atoms with E-state index in [0.717, 1.165) is 11.4 Å². The van der Waals surface area contributed by atoms with Crippen LogP contribution in [0.25, 0.3) is 0 Å². The maximum absolute atomic E-state index is 11.6. The second-order valence-electron chi connectivity index (χ2n) is 4.02. The molecule has 0 aromatic carbocycles. The fourth-order valence-electron chi connectivity index (χ4n) is 1.30. The molecule has 0 bridgehead atoms. The van der Waals surface area contributed by atoms with Crippen molar-refractivity contribution in [1.82, 2.24) is 10.2 Å². The number of aromatic nitrogens is 2. The summed E-state index contributed by atoms with van der Waals surface area (Å²) in [5.74, 6) is -0.712. The molecule has 1 heterocycles. The van der Waals surface area contributed by atoms with Crippen LogP contribution in [0.5, 0.6) is 0 Å². The number of carbonyl (C=O) groups is 2. The molecule has 6 heteroatoms. The first kappa shape index (κ1) is 14.0. The Morgan fingerprint density at radius 1 is 1.44 bits per heavy atom. The van der Waals surface area contributed by atoms with Gasteiger partial charge in [0.25, 0.3) is 0 Å². The van der Waals surface area contributed by atoms with Gasteiger partial charge in [-0.15, -0.1) is 0 Å². The number of rotatable bonds is 5. The number of esters is 1. The Bertz CT molecular complexity index is 457. The quantitative estimate of drug-likeness (QED) is 0.613. The first-order valence-corrected chi connectivity index (χ1v) is 5.56. The predicted octanol–water partition coefficient (Wildman–Crippen LogP) is 1.47. The lowest BCUT2D eigenvalue weighted by atomic mass is 10.3. The minimum atomic E-state index is -0.488. The van der Waals surface area contributed by atoms with Crippen LogP contribution in [0.2, 0.25) is 0 Å². The summed E-state index contributed by atoms with van der Waals surface area (Å²) in [6.45, 7) is 8.65. The molecule has 0 aliphatic heterocycles. The van der Waals surface area contributed by atoms with Gasteiger partial charge in [0.05, 0.1) is 23.5 Å². The maximum atomic E-state index is 11.6. The largest absolute Gasteiger partial charge is 0.462 e. The number of nitrogens with one attached hydrogen (secondary N) is 2. The van der Waals surface area contributed by atoms with Gasteiger partial charge in [-0.1, -0.05) is 6.58 Å². The Morgan fingerprint density at radius 3 is 2.61 bits per heavy atom. The molecule has 1 aromatic heterocycles. The lowest BCUT2D eigenvalue weighted by molar-refractivity contribution is -0.139. The molecule has 0 radical (unpaired) electrons. The second kappa shape index (κ2) is 6.00. The summed E-state index contributed by atoms with van der Waals surface area (Å²) in [6, 6.07) is 0. The van der Waals surface area contributed by atoms with E-state index in [1.54, 1.807) is 13.8 Å². The highest BCUT2D eigenvalue weighted by atomic mass is 16.5. The maximum Gasteiger partial charge on any atom is 0.333 e. The third-order valence-corrected chi connectivity index (χ3v) is 2.30. The zero-order valence-electron chi connectivity index (χ0n) is 10.8. The molecule has 0 saturated heterocycles. The number of carbonyl (C=O) groups excluding carboxylic acids is 2. The fourth-order valence-corrected chi connectivity index (χ4v) is 1.30. The van der Waals surface area contributed by atoms with Crippen LogP contribution in [0.3, 0.4) is 0 Å². The molecule has 0 fully saturated rings. The topological polar surface area (TPSA) is 84.1 Å². The molecular formula is C12H17N3O3. The summed E-state index contributed by atoms with van der Waals surface area (Å²) in [6.07, 6.45) is 0.100. The van der Waals surface area contributed by atoms with Crippen LogP contribution >= 0.6 is 0 Å². The molecule has 0 aliphatic rings. The van der Waals surface area contributed by atoms with Crippen molar-refractivity contribution in [1.29, 1.82) is 0 Å². The number of anilines is 1. The van der Waals surface area contributed by atoms with E-state index in [1.807, 2.05) is 6.92 Å². The molecule has 6 nitrogen and oxygen atoms in total. The molecule has 2 N–H and O–H groups in total. The van der Waals surface area contributed by atoms with Crippen molar-refractivity contribution < 1.29 is 14.3 Å². The van der Waals surface area contributed by atoms with Crippen LogP contribution in [0, 0.1) is 13.8 Å². The third kappa shape index (κ3) is 3.73. The number of hydrogen-bond donors (Lipinski definition) is 2. The van der Waals surface area contributed by atoms with Gasteiger partial charge < -0.3 is 10.1 Å². The molecule has 0 spiro atoms. The van der Waals surface area contributed by atoms with E-state index in [-0.39, 0.29) is 18.9 Å². The summed E-state index contributed by atoms with van der Waals surface area (Å²) in [5.41, 5.74) is 2.50. The highest BCUT2D eigenvalue weighted by molar-refractivity contribution is 5.92.